The summed E-state index contributed by atoms with van der Waals surface area (Å²) in [6.07, 6.45) is 16.5. The second kappa shape index (κ2) is 15.5. The quantitative estimate of drug-likeness (QED) is 0.185. The SMILES string of the molecule is CCCCCCCCCCCCCCC(P)C(=O)OC(C)=O. The fraction of sp³-hybridized carbons (Fsp3) is 0.889. The Bertz CT molecular complexity index is 292. The molecule has 0 aromatic heterocycles. The van der Waals surface area contributed by atoms with Crippen molar-refractivity contribution in [3.05, 3.63) is 0 Å². The van der Waals surface area contributed by atoms with Gasteiger partial charge in [0.1, 0.15) is 0 Å². The Morgan fingerprint density at radius 1 is 0.818 bits per heavy atom. The number of unbranched alkanes of at least 4 members (excludes halogenated alkanes) is 11. The van der Waals surface area contributed by atoms with Gasteiger partial charge in [-0.3, -0.25) is 9.59 Å². The van der Waals surface area contributed by atoms with E-state index in [1.165, 1.54) is 71.1 Å². The molecule has 0 fully saturated rings. The summed E-state index contributed by atoms with van der Waals surface area (Å²) in [6, 6.07) is 0. The van der Waals surface area contributed by atoms with Crippen molar-refractivity contribution in [3.8, 4) is 0 Å². The molecule has 0 bridgehead atoms. The van der Waals surface area contributed by atoms with E-state index < -0.39 is 11.9 Å². The van der Waals surface area contributed by atoms with Crippen molar-refractivity contribution in [2.45, 2.75) is 103 Å². The molecule has 0 aromatic rings. The first-order valence-electron chi connectivity index (χ1n) is 9.05. The molecule has 0 heterocycles. The van der Waals surface area contributed by atoms with E-state index >= 15 is 0 Å². The molecule has 0 aliphatic heterocycles. The number of rotatable bonds is 14. The van der Waals surface area contributed by atoms with Gasteiger partial charge < -0.3 is 4.74 Å². The van der Waals surface area contributed by atoms with Crippen molar-refractivity contribution >= 4 is 21.2 Å². The highest BCUT2D eigenvalue weighted by Crippen LogP contribution is 2.16. The van der Waals surface area contributed by atoms with E-state index in [1.807, 2.05) is 0 Å². The van der Waals surface area contributed by atoms with Crippen molar-refractivity contribution in [2.24, 2.45) is 0 Å². The molecule has 22 heavy (non-hydrogen) atoms. The van der Waals surface area contributed by atoms with E-state index in [9.17, 15) is 9.59 Å². The fourth-order valence-electron chi connectivity index (χ4n) is 2.54. The van der Waals surface area contributed by atoms with Crippen LogP contribution >= 0.6 is 9.24 Å². The van der Waals surface area contributed by atoms with Gasteiger partial charge in [-0.25, -0.2) is 0 Å². The van der Waals surface area contributed by atoms with E-state index in [1.54, 1.807) is 0 Å². The zero-order chi connectivity index (χ0) is 16.6. The molecule has 0 aromatic carbocycles. The van der Waals surface area contributed by atoms with Gasteiger partial charge >= 0.3 is 11.9 Å². The lowest BCUT2D eigenvalue weighted by Crippen LogP contribution is -2.19. The Hall–Kier alpha value is -0.430. The zero-order valence-electron chi connectivity index (χ0n) is 14.6. The van der Waals surface area contributed by atoms with Crippen molar-refractivity contribution < 1.29 is 14.3 Å². The topological polar surface area (TPSA) is 43.4 Å². The normalized spacial score (nSPS) is 12.1. The van der Waals surface area contributed by atoms with Gasteiger partial charge in [0.2, 0.25) is 0 Å². The summed E-state index contributed by atoms with van der Waals surface area (Å²) in [6.45, 7) is 3.52. The van der Waals surface area contributed by atoms with Crippen molar-refractivity contribution in [2.75, 3.05) is 0 Å². The van der Waals surface area contributed by atoms with Crippen LogP contribution in [0, 0.1) is 0 Å². The van der Waals surface area contributed by atoms with E-state index in [4.69, 9.17) is 0 Å². The van der Waals surface area contributed by atoms with Crippen LogP contribution in [0.1, 0.15) is 97.3 Å². The maximum absolute atomic E-state index is 11.4. The standard InChI is InChI=1S/C18H35O3P/c1-3-4-5-6-7-8-9-10-11-12-13-14-15-17(22)18(20)21-16(2)19/h17H,3-15,22H2,1-2H3. The fourth-order valence-corrected chi connectivity index (χ4v) is 2.84. The van der Waals surface area contributed by atoms with Gasteiger partial charge in [0.15, 0.2) is 0 Å². The predicted octanol–water partition coefficient (Wildman–Crippen LogP) is 5.41. The van der Waals surface area contributed by atoms with Gasteiger partial charge in [-0.05, 0) is 6.42 Å². The molecular formula is C18H35O3P. The summed E-state index contributed by atoms with van der Waals surface area (Å²) in [5, 5.41) is 0. The number of hydrogen-bond donors (Lipinski definition) is 0. The van der Waals surface area contributed by atoms with Gasteiger partial charge in [-0.2, -0.15) is 0 Å². The van der Waals surface area contributed by atoms with E-state index in [2.05, 4.69) is 20.9 Å². The average molecular weight is 330 g/mol. The molecule has 4 heteroatoms. The number of ether oxygens (including phenoxy) is 1. The molecule has 0 aliphatic carbocycles. The van der Waals surface area contributed by atoms with Crippen molar-refractivity contribution in [3.63, 3.8) is 0 Å². The Balaban J connectivity index is 3.26. The van der Waals surface area contributed by atoms with Gasteiger partial charge in [0.05, 0.1) is 5.66 Å². The van der Waals surface area contributed by atoms with Crippen molar-refractivity contribution in [1.29, 1.82) is 0 Å². The minimum atomic E-state index is -0.521. The Labute approximate surface area is 139 Å². The lowest BCUT2D eigenvalue weighted by Gasteiger charge is -2.08. The largest absolute Gasteiger partial charge is 0.393 e. The third kappa shape index (κ3) is 14.5. The molecule has 2 unspecified atom stereocenters. The summed E-state index contributed by atoms with van der Waals surface area (Å²) >= 11 is 0. The van der Waals surface area contributed by atoms with Crippen LogP contribution in [0.25, 0.3) is 0 Å². The average Bonchev–Trinajstić information content (AvgIpc) is 2.47. The van der Waals surface area contributed by atoms with Gasteiger partial charge in [-0.15, -0.1) is 9.24 Å². The third-order valence-electron chi connectivity index (χ3n) is 3.92. The van der Waals surface area contributed by atoms with Gasteiger partial charge in [-0.1, -0.05) is 84.0 Å². The first-order chi connectivity index (χ1) is 10.6. The molecule has 0 spiro atoms. The maximum atomic E-state index is 11.4. The second-order valence-electron chi connectivity index (χ2n) is 6.20. The molecule has 0 rings (SSSR count). The van der Waals surface area contributed by atoms with E-state index in [0.29, 0.717) is 0 Å². The van der Waals surface area contributed by atoms with E-state index in [-0.39, 0.29) is 5.66 Å². The van der Waals surface area contributed by atoms with Gasteiger partial charge in [0, 0.05) is 6.92 Å². The molecule has 3 nitrogen and oxygen atoms in total. The predicted molar refractivity (Wildman–Crippen MR) is 96.0 cm³/mol. The summed E-state index contributed by atoms with van der Waals surface area (Å²) in [5.41, 5.74) is -0.243. The Morgan fingerprint density at radius 2 is 1.23 bits per heavy atom. The van der Waals surface area contributed by atoms with Crippen LogP contribution in [-0.2, 0) is 14.3 Å². The molecule has 0 aliphatic rings. The molecular weight excluding hydrogens is 295 g/mol. The first-order valence-corrected chi connectivity index (χ1v) is 9.72. The summed E-state index contributed by atoms with van der Waals surface area (Å²) in [4.78, 5) is 22.1. The summed E-state index contributed by atoms with van der Waals surface area (Å²) < 4.78 is 4.57. The molecule has 0 saturated heterocycles. The first kappa shape index (κ1) is 21.6. The summed E-state index contributed by atoms with van der Waals surface area (Å²) in [5.74, 6) is -0.937. The molecule has 2 atom stereocenters. The second-order valence-corrected chi connectivity index (χ2v) is 7.00. The Kier molecular flexibility index (Phi) is 15.2. The lowest BCUT2D eigenvalue weighted by atomic mass is 10.0. The summed E-state index contributed by atoms with van der Waals surface area (Å²) in [7, 11) is 2.48. The Morgan fingerprint density at radius 3 is 1.64 bits per heavy atom. The monoisotopic (exact) mass is 330 g/mol. The number of carbonyl (C=O) groups is 2. The lowest BCUT2D eigenvalue weighted by molar-refractivity contribution is -0.157. The molecule has 0 N–H and O–H groups in total. The van der Waals surface area contributed by atoms with Crippen LogP contribution in [-0.4, -0.2) is 17.6 Å². The smallest absolute Gasteiger partial charge is 0.320 e. The molecule has 0 amide bonds. The highest BCUT2D eigenvalue weighted by atomic mass is 31.0. The van der Waals surface area contributed by atoms with Crippen LogP contribution in [0.3, 0.4) is 0 Å². The highest BCUT2D eigenvalue weighted by Gasteiger charge is 2.15. The van der Waals surface area contributed by atoms with Crippen LogP contribution in [0.2, 0.25) is 0 Å². The van der Waals surface area contributed by atoms with Crippen LogP contribution in [0.5, 0.6) is 0 Å². The van der Waals surface area contributed by atoms with Crippen LogP contribution in [0.15, 0.2) is 0 Å². The highest BCUT2D eigenvalue weighted by molar-refractivity contribution is 7.19. The molecule has 0 radical (unpaired) electrons. The maximum Gasteiger partial charge on any atom is 0.320 e. The number of esters is 2. The van der Waals surface area contributed by atoms with Crippen LogP contribution in [0.4, 0.5) is 0 Å². The van der Waals surface area contributed by atoms with E-state index in [0.717, 1.165) is 19.3 Å². The zero-order valence-corrected chi connectivity index (χ0v) is 15.7. The number of carbonyl (C=O) groups excluding carboxylic acids is 2. The van der Waals surface area contributed by atoms with Crippen LogP contribution < -0.4 is 0 Å². The minimum absolute atomic E-state index is 0.243. The number of hydrogen-bond acceptors (Lipinski definition) is 3. The van der Waals surface area contributed by atoms with Crippen molar-refractivity contribution in [1.82, 2.24) is 0 Å². The molecule has 0 saturated carbocycles. The molecule has 130 valence electrons. The minimum Gasteiger partial charge on any atom is -0.393 e. The van der Waals surface area contributed by atoms with Gasteiger partial charge in [0.25, 0.3) is 0 Å². The third-order valence-corrected chi connectivity index (χ3v) is 4.52.